The van der Waals surface area contributed by atoms with E-state index in [0.717, 1.165) is 24.5 Å². The van der Waals surface area contributed by atoms with Crippen LogP contribution in [0.25, 0.3) is 23.3 Å². The van der Waals surface area contributed by atoms with E-state index >= 15 is 0 Å². The van der Waals surface area contributed by atoms with Gasteiger partial charge in [-0.15, -0.1) is 0 Å². The normalized spacial score (nSPS) is 16.8. The maximum absolute atomic E-state index is 14.1. The molecule has 0 radical (unpaired) electrons. The van der Waals surface area contributed by atoms with Crippen LogP contribution >= 0.6 is 0 Å². The number of benzene rings is 3. The van der Waals surface area contributed by atoms with Crippen molar-refractivity contribution in [1.29, 1.82) is 0 Å². The SMILES string of the molecule is C1=CC=CNC=C1.O=C(c1ccccc1F)C1C=c2c(ccc3c2=CCc2ccccc2-3)CC1. The molecule has 34 heavy (non-hydrogen) atoms. The Morgan fingerprint density at radius 2 is 1.56 bits per heavy atom. The number of ketones is 1. The molecule has 168 valence electrons. The fourth-order valence-electron chi connectivity index (χ4n) is 4.79. The number of allylic oxidation sites excluding steroid dienone is 4. The predicted octanol–water partition coefficient (Wildman–Crippen LogP) is 5.23. The van der Waals surface area contributed by atoms with E-state index in [1.165, 1.54) is 33.5 Å². The van der Waals surface area contributed by atoms with E-state index in [1.54, 1.807) is 18.2 Å². The molecule has 6 rings (SSSR count). The van der Waals surface area contributed by atoms with Crippen molar-refractivity contribution in [2.24, 2.45) is 5.92 Å². The van der Waals surface area contributed by atoms with Gasteiger partial charge >= 0.3 is 0 Å². The van der Waals surface area contributed by atoms with Crippen molar-refractivity contribution in [3.05, 3.63) is 130 Å². The summed E-state index contributed by atoms with van der Waals surface area (Å²) in [6, 6.07) is 19.2. The topological polar surface area (TPSA) is 29.1 Å². The summed E-state index contributed by atoms with van der Waals surface area (Å²) in [7, 11) is 0. The molecule has 1 unspecified atom stereocenters. The van der Waals surface area contributed by atoms with Crippen LogP contribution in [0, 0.1) is 11.7 Å². The summed E-state index contributed by atoms with van der Waals surface area (Å²) in [4.78, 5) is 12.9. The zero-order chi connectivity index (χ0) is 23.3. The average Bonchev–Trinajstić information content (AvgIpc) is 3.22. The number of rotatable bonds is 2. The molecule has 2 aliphatic carbocycles. The van der Waals surface area contributed by atoms with Crippen molar-refractivity contribution < 1.29 is 9.18 Å². The molecule has 0 fully saturated rings. The Morgan fingerprint density at radius 1 is 0.794 bits per heavy atom. The Balaban J connectivity index is 0.000000297. The van der Waals surface area contributed by atoms with Crippen molar-refractivity contribution in [1.82, 2.24) is 5.32 Å². The highest BCUT2D eigenvalue weighted by Gasteiger charge is 2.24. The Morgan fingerprint density at radius 3 is 2.38 bits per heavy atom. The molecule has 2 nitrogen and oxygen atoms in total. The number of carbonyl (C=O) groups is 1. The van der Waals surface area contributed by atoms with E-state index in [1.807, 2.05) is 36.7 Å². The minimum atomic E-state index is -0.433. The molecule has 1 N–H and O–H groups in total. The van der Waals surface area contributed by atoms with Gasteiger partial charge in [0.05, 0.1) is 5.56 Å². The van der Waals surface area contributed by atoms with Gasteiger partial charge in [0.2, 0.25) is 0 Å². The van der Waals surface area contributed by atoms with Crippen molar-refractivity contribution >= 4 is 17.9 Å². The van der Waals surface area contributed by atoms with Crippen LogP contribution in [0.5, 0.6) is 0 Å². The Hall–Kier alpha value is -3.98. The van der Waals surface area contributed by atoms with Crippen LogP contribution in [0.2, 0.25) is 0 Å². The third kappa shape index (κ3) is 4.42. The number of nitrogens with one attached hydrogen (secondary N) is 1. The molecule has 3 aliphatic rings. The van der Waals surface area contributed by atoms with Crippen LogP contribution in [0.1, 0.15) is 27.9 Å². The largest absolute Gasteiger partial charge is 0.368 e. The van der Waals surface area contributed by atoms with Crippen LogP contribution in [0.15, 0.2) is 97.4 Å². The van der Waals surface area contributed by atoms with E-state index in [0.29, 0.717) is 0 Å². The van der Waals surface area contributed by atoms with Crippen molar-refractivity contribution in [2.45, 2.75) is 19.3 Å². The fraction of sp³-hybridized carbons (Fsp3) is 0.129. The summed E-state index contributed by atoms with van der Waals surface area (Å²) in [5, 5.41) is 5.30. The van der Waals surface area contributed by atoms with E-state index in [2.05, 4.69) is 53.9 Å². The molecule has 3 aromatic carbocycles. The zero-order valence-corrected chi connectivity index (χ0v) is 18.9. The van der Waals surface area contributed by atoms with Gasteiger partial charge in [-0.25, -0.2) is 4.39 Å². The maximum Gasteiger partial charge on any atom is 0.172 e. The van der Waals surface area contributed by atoms with Gasteiger partial charge in [0.15, 0.2) is 5.78 Å². The Labute approximate surface area is 199 Å². The number of hydrogen-bond acceptors (Lipinski definition) is 2. The molecule has 0 aromatic heterocycles. The molecule has 3 heteroatoms. The second kappa shape index (κ2) is 9.88. The molecule has 0 saturated carbocycles. The lowest BCUT2D eigenvalue weighted by atomic mass is 9.82. The standard InChI is InChI=1S/C25H19FO.C6H7N/c26-24-8-4-3-7-22(24)25(27)18-10-9-17-12-13-20-19-6-2-1-5-16(19)11-14-21(20)23(17)15-18;1-2-4-6-7-5-3-1/h1-8,12-15,18H,9-11H2;1-7H. The van der Waals surface area contributed by atoms with Gasteiger partial charge in [-0.1, -0.05) is 72.8 Å². The summed E-state index contributed by atoms with van der Waals surface area (Å²) in [6.45, 7) is 0. The van der Waals surface area contributed by atoms with Crippen molar-refractivity contribution in [3.8, 4) is 11.1 Å². The predicted molar refractivity (Wildman–Crippen MR) is 137 cm³/mol. The minimum absolute atomic E-state index is 0.118. The molecule has 1 heterocycles. The second-order valence-corrected chi connectivity index (χ2v) is 8.59. The molecule has 0 saturated heterocycles. The van der Waals surface area contributed by atoms with Crippen LogP contribution in [0.3, 0.4) is 0 Å². The molecule has 1 aliphatic heterocycles. The number of halogens is 1. The van der Waals surface area contributed by atoms with Crippen molar-refractivity contribution in [3.63, 3.8) is 0 Å². The van der Waals surface area contributed by atoms with E-state index in [4.69, 9.17) is 0 Å². The van der Waals surface area contributed by atoms with Gasteiger partial charge in [0.1, 0.15) is 5.82 Å². The maximum atomic E-state index is 14.1. The first-order valence-corrected chi connectivity index (χ1v) is 11.7. The number of aryl methyl sites for hydroxylation is 1. The molecule has 0 amide bonds. The quantitative estimate of drug-likeness (QED) is 0.545. The monoisotopic (exact) mass is 447 g/mol. The molecular formula is C31H26FNO. The van der Waals surface area contributed by atoms with Gasteiger partial charge in [0.25, 0.3) is 0 Å². The van der Waals surface area contributed by atoms with Crippen molar-refractivity contribution in [2.75, 3.05) is 0 Å². The highest BCUT2D eigenvalue weighted by atomic mass is 19.1. The summed E-state index contributed by atoms with van der Waals surface area (Å²) < 4.78 is 14.1. The second-order valence-electron chi connectivity index (χ2n) is 8.59. The lowest BCUT2D eigenvalue weighted by molar-refractivity contribution is 0.0942. The third-order valence-corrected chi connectivity index (χ3v) is 6.50. The minimum Gasteiger partial charge on any atom is -0.368 e. The van der Waals surface area contributed by atoms with Gasteiger partial charge < -0.3 is 5.32 Å². The molecular weight excluding hydrogens is 421 g/mol. The highest BCUT2D eigenvalue weighted by molar-refractivity contribution is 6.01. The summed E-state index contributed by atoms with van der Waals surface area (Å²) in [5.41, 5.74) is 5.31. The average molecular weight is 448 g/mol. The first kappa shape index (κ1) is 21.8. The third-order valence-electron chi connectivity index (χ3n) is 6.50. The number of carbonyl (C=O) groups excluding carboxylic acids is 1. The first-order valence-electron chi connectivity index (χ1n) is 11.7. The summed E-state index contributed by atoms with van der Waals surface area (Å²) in [6.07, 6.45) is 18.4. The zero-order valence-electron chi connectivity index (χ0n) is 18.9. The highest BCUT2D eigenvalue weighted by Crippen LogP contribution is 2.26. The van der Waals surface area contributed by atoms with Crippen LogP contribution in [-0.2, 0) is 12.8 Å². The number of hydrogen-bond donors (Lipinski definition) is 1. The molecule has 3 aromatic rings. The van der Waals surface area contributed by atoms with Gasteiger partial charge in [-0.3, -0.25) is 4.79 Å². The summed E-state index contributed by atoms with van der Waals surface area (Å²) in [5.74, 6) is -0.823. The van der Waals surface area contributed by atoms with Gasteiger partial charge in [0, 0.05) is 18.3 Å². The molecule has 1 atom stereocenters. The lowest BCUT2D eigenvalue weighted by Gasteiger charge is -2.21. The first-order chi connectivity index (χ1) is 16.7. The smallest absolute Gasteiger partial charge is 0.172 e. The van der Waals surface area contributed by atoms with Crippen LogP contribution in [-0.4, -0.2) is 5.78 Å². The Bertz CT molecular complexity index is 1430. The Kier molecular flexibility index (Phi) is 6.35. The van der Waals surface area contributed by atoms with Crippen LogP contribution in [0.4, 0.5) is 4.39 Å². The fourth-order valence-corrected chi connectivity index (χ4v) is 4.79. The molecule has 0 bridgehead atoms. The molecule has 0 spiro atoms. The number of fused-ring (bicyclic) bond motifs is 5. The van der Waals surface area contributed by atoms with Crippen LogP contribution < -0.4 is 15.8 Å². The van der Waals surface area contributed by atoms with E-state index < -0.39 is 5.82 Å². The van der Waals surface area contributed by atoms with E-state index in [9.17, 15) is 9.18 Å². The lowest BCUT2D eigenvalue weighted by Crippen LogP contribution is -2.37. The van der Waals surface area contributed by atoms with Gasteiger partial charge in [-0.05, 0) is 76.2 Å². The van der Waals surface area contributed by atoms with E-state index in [-0.39, 0.29) is 17.3 Å². The summed E-state index contributed by atoms with van der Waals surface area (Å²) >= 11 is 0. The number of Topliss-reactive ketones (excluding diaryl/α,β-unsaturated/α-hetero) is 1. The van der Waals surface area contributed by atoms with Gasteiger partial charge in [-0.2, -0.15) is 0 Å².